The van der Waals surface area contributed by atoms with E-state index in [0.717, 1.165) is 24.1 Å². The molecule has 4 heteroatoms. The fourth-order valence-electron chi connectivity index (χ4n) is 2.55. The van der Waals surface area contributed by atoms with Gasteiger partial charge in [0.25, 0.3) is 5.91 Å². The van der Waals surface area contributed by atoms with E-state index in [-0.39, 0.29) is 16.5 Å². The number of nitrogens with zero attached hydrogens (tertiary/aromatic N) is 1. The molecule has 0 N–H and O–H groups in total. The van der Waals surface area contributed by atoms with E-state index in [1.165, 1.54) is 18.2 Å². The summed E-state index contributed by atoms with van der Waals surface area (Å²) in [5.74, 6) is -0.892. The summed E-state index contributed by atoms with van der Waals surface area (Å²) in [6.07, 6.45) is 1.83. The number of carbonyl (C=O) groups is 1. The van der Waals surface area contributed by atoms with Crippen LogP contribution in [0.2, 0.25) is 5.02 Å². The molecule has 0 unspecified atom stereocenters. The summed E-state index contributed by atoms with van der Waals surface area (Å²) < 4.78 is 13.9. The molecule has 2 aromatic rings. The summed E-state index contributed by atoms with van der Waals surface area (Å²) in [7, 11) is 0. The summed E-state index contributed by atoms with van der Waals surface area (Å²) in [4.78, 5) is 14.2. The van der Waals surface area contributed by atoms with E-state index in [1.807, 2.05) is 24.3 Å². The van der Waals surface area contributed by atoms with Gasteiger partial charge >= 0.3 is 0 Å². The van der Waals surface area contributed by atoms with Gasteiger partial charge in [-0.05, 0) is 42.7 Å². The third kappa shape index (κ3) is 2.29. The molecule has 0 saturated heterocycles. The molecule has 0 atom stereocenters. The number of aryl methyl sites for hydroxylation is 1. The van der Waals surface area contributed by atoms with Crippen molar-refractivity contribution in [2.24, 2.45) is 0 Å². The first-order valence-electron chi connectivity index (χ1n) is 6.51. The van der Waals surface area contributed by atoms with E-state index in [2.05, 4.69) is 0 Å². The first-order valence-corrected chi connectivity index (χ1v) is 6.89. The zero-order chi connectivity index (χ0) is 14.1. The first kappa shape index (κ1) is 13.1. The number of carbonyl (C=O) groups excluding carboxylic acids is 1. The van der Waals surface area contributed by atoms with Crippen molar-refractivity contribution in [3.63, 3.8) is 0 Å². The van der Waals surface area contributed by atoms with Gasteiger partial charge in [-0.25, -0.2) is 4.39 Å². The Labute approximate surface area is 121 Å². The molecule has 20 heavy (non-hydrogen) atoms. The van der Waals surface area contributed by atoms with Crippen molar-refractivity contribution in [2.45, 2.75) is 12.8 Å². The van der Waals surface area contributed by atoms with Crippen molar-refractivity contribution in [3.05, 3.63) is 64.4 Å². The van der Waals surface area contributed by atoms with Crippen molar-refractivity contribution in [2.75, 3.05) is 11.4 Å². The summed E-state index contributed by atoms with van der Waals surface area (Å²) >= 11 is 5.72. The Balaban J connectivity index is 2.00. The van der Waals surface area contributed by atoms with Crippen molar-refractivity contribution in [1.29, 1.82) is 0 Å². The fourth-order valence-corrected chi connectivity index (χ4v) is 2.71. The number of benzene rings is 2. The largest absolute Gasteiger partial charge is 0.308 e. The SMILES string of the molecule is O=C(c1ccc(Cl)cc1F)N1CCCc2ccccc21. The Hall–Kier alpha value is -1.87. The number of para-hydroxylation sites is 1. The number of hydrogen-bond donors (Lipinski definition) is 0. The molecule has 2 nitrogen and oxygen atoms in total. The number of rotatable bonds is 1. The van der Waals surface area contributed by atoms with Gasteiger partial charge in [0.05, 0.1) is 5.56 Å². The molecular weight excluding hydrogens is 277 g/mol. The molecule has 2 aromatic carbocycles. The van der Waals surface area contributed by atoms with Gasteiger partial charge in [0.2, 0.25) is 0 Å². The van der Waals surface area contributed by atoms with Crippen LogP contribution in [0.4, 0.5) is 10.1 Å². The first-order chi connectivity index (χ1) is 9.66. The second kappa shape index (κ2) is 5.25. The molecule has 1 heterocycles. The molecule has 0 radical (unpaired) electrons. The van der Waals surface area contributed by atoms with Gasteiger partial charge in [0, 0.05) is 17.3 Å². The second-order valence-corrected chi connectivity index (χ2v) is 5.25. The molecule has 0 saturated carbocycles. The average Bonchev–Trinajstić information content (AvgIpc) is 2.46. The topological polar surface area (TPSA) is 20.3 Å². The van der Waals surface area contributed by atoms with E-state index in [1.54, 1.807) is 4.90 Å². The molecule has 1 amide bonds. The van der Waals surface area contributed by atoms with Crippen LogP contribution in [0.15, 0.2) is 42.5 Å². The predicted octanol–water partition coefficient (Wildman–Crippen LogP) is 4.07. The summed E-state index contributed by atoms with van der Waals surface area (Å²) in [5.41, 5.74) is 2.06. The monoisotopic (exact) mass is 289 g/mol. The number of fused-ring (bicyclic) bond motifs is 1. The molecule has 0 bridgehead atoms. The van der Waals surface area contributed by atoms with Gasteiger partial charge in [-0.15, -0.1) is 0 Å². The zero-order valence-electron chi connectivity index (χ0n) is 10.8. The van der Waals surface area contributed by atoms with Gasteiger partial charge < -0.3 is 4.90 Å². The van der Waals surface area contributed by atoms with Crippen LogP contribution in [-0.4, -0.2) is 12.5 Å². The second-order valence-electron chi connectivity index (χ2n) is 4.81. The van der Waals surface area contributed by atoms with Crippen molar-refractivity contribution >= 4 is 23.2 Å². The molecule has 1 aliphatic heterocycles. The summed E-state index contributed by atoms with van der Waals surface area (Å²) in [5, 5.41) is 0.290. The van der Waals surface area contributed by atoms with E-state index < -0.39 is 5.82 Å². The van der Waals surface area contributed by atoms with E-state index in [4.69, 9.17) is 11.6 Å². The highest BCUT2D eigenvalue weighted by atomic mass is 35.5. The van der Waals surface area contributed by atoms with Gasteiger partial charge in [-0.2, -0.15) is 0 Å². The van der Waals surface area contributed by atoms with Gasteiger partial charge in [0.15, 0.2) is 0 Å². The van der Waals surface area contributed by atoms with Crippen molar-refractivity contribution < 1.29 is 9.18 Å². The average molecular weight is 290 g/mol. The molecule has 102 valence electrons. The molecule has 3 rings (SSSR count). The third-order valence-electron chi connectivity index (χ3n) is 3.52. The maximum Gasteiger partial charge on any atom is 0.261 e. The van der Waals surface area contributed by atoms with Crippen molar-refractivity contribution in [3.8, 4) is 0 Å². The fraction of sp³-hybridized carbons (Fsp3) is 0.188. The Morgan fingerprint density at radius 3 is 2.80 bits per heavy atom. The molecule has 0 spiro atoms. The normalized spacial score (nSPS) is 14.0. The van der Waals surface area contributed by atoms with Gasteiger partial charge in [-0.3, -0.25) is 4.79 Å². The van der Waals surface area contributed by atoms with Crippen LogP contribution in [-0.2, 0) is 6.42 Å². The zero-order valence-corrected chi connectivity index (χ0v) is 11.5. The standard InChI is InChI=1S/C16H13ClFNO/c17-12-7-8-13(14(18)10-12)16(20)19-9-3-5-11-4-1-2-6-15(11)19/h1-2,4,6-8,10H,3,5,9H2. The minimum Gasteiger partial charge on any atom is -0.308 e. The lowest BCUT2D eigenvalue weighted by molar-refractivity contribution is 0.0981. The molecule has 0 aromatic heterocycles. The Morgan fingerprint density at radius 2 is 2.00 bits per heavy atom. The number of anilines is 1. The molecule has 0 fully saturated rings. The smallest absolute Gasteiger partial charge is 0.261 e. The van der Waals surface area contributed by atoms with E-state index in [9.17, 15) is 9.18 Å². The minimum absolute atomic E-state index is 0.0612. The maximum absolute atomic E-state index is 13.9. The summed E-state index contributed by atoms with van der Waals surface area (Å²) in [6.45, 7) is 0.609. The number of halogens is 2. The number of amides is 1. The van der Waals surface area contributed by atoms with E-state index >= 15 is 0 Å². The Kier molecular flexibility index (Phi) is 3.45. The van der Waals surface area contributed by atoms with Crippen LogP contribution in [0.1, 0.15) is 22.3 Å². The molecular formula is C16H13ClFNO. The quantitative estimate of drug-likeness (QED) is 0.775. The van der Waals surface area contributed by atoms with Crippen LogP contribution in [0.25, 0.3) is 0 Å². The van der Waals surface area contributed by atoms with E-state index in [0.29, 0.717) is 6.54 Å². The highest BCUT2D eigenvalue weighted by Gasteiger charge is 2.25. The highest BCUT2D eigenvalue weighted by Crippen LogP contribution is 2.28. The van der Waals surface area contributed by atoms with Crippen LogP contribution >= 0.6 is 11.6 Å². The lowest BCUT2D eigenvalue weighted by Gasteiger charge is -2.29. The lowest BCUT2D eigenvalue weighted by atomic mass is 10.0. The van der Waals surface area contributed by atoms with Crippen LogP contribution in [0, 0.1) is 5.82 Å². The molecule has 1 aliphatic rings. The summed E-state index contributed by atoms with van der Waals surface area (Å²) in [6, 6.07) is 11.9. The molecule has 0 aliphatic carbocycles. The Bertz CT molecular complexity index is 671. The van der Waals surface area contributed by atoms with Gasteiger partial charge in [-0.1, -0.05) is 29.8 Å². The number of hydrogen-bond acceptors (Lipinski definition) is 1. The van der Waals surface area contributed by atoms with Crippen LogP contribution < -0.4 is 4.90 Å². The predicted molar refractivity (Wildman–Crippen MR) is 77.8 cm³/mol. The van der Waals surface area contributed by atoms with Crippen LogP contribution in [0.5, 0.6) is 0 Å². The third-order valence-corrected chi connectivity index (χ3v) is 3.75. The Morgan fingerprint density at radius 1 is 1.20 bits per heavy atom. The van der Waals surface area contributed by atoms with Gasteiger partial charge in [0.1, 0.15) is 5.82 Å². The van der Waals surface area contributed by atoms with Crippen LogP contribution in [0.3, 0.4) is 0 Å². The minimum atomic E-state index is -0.578. The maximum atomic E-state index is 13.9. The highest BCUT2D eigenvalue weighted by molar-refractivity contribution is 6.30. The lowest BCUT2D eigenvalue weighted by Crippen LogP contribution is -2.35. The van der Waals surface area contributed by atoms with Crippen molar-refractivity contribution in [1.82, 2.24) is 0 Å².